The molecule has 0 heterocycles. The van der Waals surface area contributed by atoms with E-state index in [2.05, 4.69) is 10.6 Å². The summed E-state index contributed by atoms with van der Waals surface area (Å²) >= 11 is 6.15. The highest BCUT2D eigenvalue weighted by Crippen LogP contribution is 2.29. The Balaban J connectivity index is 1.73. The van der Waals surface area contributed by atoms with Gasteiger partial charge < -0.3 is 15.4 Å². The van der Waals surface area contributed by atoms with Gasteiger partial charge in [-0.25, -0.2) is 0 Å². The van der Waals surface area contributed by atoms with E-state index in [-0.39, 0.29) is 5.91 Å². The fraction of sp³-hybridized carbons (Fsp3) is 0.136. The number of ether oxygens (including phenoxy) is 1. The summed E-state index contributed by atoms with van der Waals surface area (Å²) in [7, 11) is 1.56. The van der Waals surface area contributed by atoms with Crippen molar-refractivity contribution in [3.63, 3.8) is 0 Å². The molecule has 0 radical (unpaired) electrons. The van der Waals surface area contributed by atoms with Gasteiger partial charge in [-0.3, -0.25) is 4.79 Å². The standard InChI is InChI=1S/C22H21ClN2O2/c1-15(24-17-12-13-21(27-2)19(23)14-17)22(26)25-20-11-7-6-10-18(20)16-8-4-3-5-9-16/h3-15,24H,1-2H3,(H,25,26)/t15-/m0/s1. The number of nitrogens with one attached hydrogen (secondary N) is 2. The highest BCUT2D eigenvalue weighted by molar-refractivity contribution is 6.32. The predicted octanol–water partition coefficient (Wildman–Crippen LogP) is 5.45. The average molecular weight is 381 g/mol. The lowest BCUT2D eigenvalue weighted by molar-refractivity contribution is -0.116. The molecule has 27 heavy (non-hydrogen) atoms. The number of para-hydroxylation sites is 1. The molecule has 138 valence electrons. The average Bonchev–Trinajstić information content (AvgIpc) is 2.69. The van der Waals surface area contributed by atoms with Crippen molar-refractivity contribution in [2.45, 2.75) is 13.0 Å². The molecule has 0 spiro atoms. The summed E-state index contributed by atoms with van der Waals surface area (Å²) in [5, 5.41) is 6.66. The summed E-state index contributed by atoms with van der Waals surface area (Å²) in [6.07, 6.45) is 0. The number of carbonyl (C=O) groups excluding carboxylic acids is 1. The molecular weight excluding hydrogens is 360 g/mol. The van der Waals surface area contributed by atoms with Crippen LogP contribution in [0, 0.1) is 0 Å². The van der Waals surface area contributed by atoms with Gasteiger partial charge in [-0.1, -0.05) is 60.1 Å². The highest BCUT2D eigenvalue weighted by Gasteiger charge is 2.15. The lowest BCUT2D eigenvalue weighted by Gasteiger charge is -2.17. The first-order chi connectivity index (χ1) is 13.1. The molecule has 2 N–H and O–H groups in total. The van der Waals surface area contributed by atoms with Crippen LogP contribution in [-0.2, 0) is 4.79 Å². The predicted molar refractivity (Wildman–Crippen MR) is 112 cm³/mol. The first kappa shape index (κ1) is 18.8. The number of hydrogen-bond donors (Lipinski definition) is 2. The van der Waals surface area contributed by atoms with Crippen LogP contribution in [-0.4, -0.2) is 19.1 Å². The van der Waals surface area contributed by atoms with Crippen molar-refractivity contribution < 1.29 is 9.53 Å². The lowest BCUT2D eigenvalue weighted by atomic mass is 10.0. The molecule has 3 aromatic carbocycles. The van der Waals surface area contributed by atoms with Gasteiger partial charge >= 0.3 is 0 Å². The van der Waals surface area contributed by atoms with Crippen LogP contribution in [0.2, 0.25) is 5.02 Å². The Kier molecular flexibility index (Phi) is 5.99. The molecule has 0 aliphatic heterocycles. The van der Waals surface area contributed by atoms with Crippen molar-refractivity contribution in [2.24, 2.45) is 0 Å². The molecule has 0 saturated heterocycles. The summed E-state index contributed by atoms with van der Waals surface area (Å²) < 4.78 is 5.15. The van der Waals surface area contributed by atoms with Crippen LogP contribution < -0.4 is 15.4 Å². The Morgan fingerprint density at radius 1 is 1.00 bits per heavy atom. The van der Waals surface area contributed by atoms with Crippen LogP contribution in [0.4, 0.5) is 11.4 Å². The Hall–Kier alpha value is -2.98. The molecule has 4 nitrogen and oxygen atoms in total. The van der Waals surface area contributed by atoms with Gasteiger partial charge in [0.1, 0.15) is 11.8 Å². The summed E-state index contributed by atoms with van der Waals surface area (Å²) in [6, 6.07) is 22.6. The molecule has 3 aromatic rings. The third-order valence-corrected chi connectivity index (χ3v) is 4.49. The molecule has 0 saturated carbocycles. The molecule has 0 aromatic heterocycles. The van der Waals surface area contributed by atoms with E-state index in [1.54, 1.807) is 26.2 Å². The van der Waals surface area contributed by atoms with Gasteiger partial charge in [-0.05, 0) is 36.8 Å². The molecule has 1 amide bonds. The monoisotopic (exact) mass is 380 g/mol. The molecule has 1 atom stereocenters. The van der Waals surface area contributed by atoms with Crippen LogP contribution in [0.5, 0.6) is 5.75 Å². The summed E-state index contributed by atoms with van der Waals surface area (Å²) in [4.78, 5) is 12.7. The Morgan fingerprint density at radius 3 is 2.41 bits per heavy atom. The van der Waals surface area contributed by atoms with Crippen molar-refractivity contribution in [2.75, 3.05) is 17.7 Å². The number of rotatable bonds is 6. The van der Waals surface area contributed by atoms with Crippen LogP contribution in [0.25, 0.3) is 11.1 Å². The molecule has 0 aliphatic carbocycles. The number of halogens is 1. The fourth-order valence-corrected chi connectivity index (χ4v) is 3.03. The summed E-state index contributed by atoms with van der Waals surface area (Å²) in [6.45, 7) is 1.80. The molecular formula is C22H21ClN2O2. The van der Waals surface area contributed by atoms with Crippen molar-refractivity contribution in [3.05, 3.63) is 77.8 Å². The van der Waals surface area contributed by atoms with Gasteiger partial charge in [0.15, 0.2) is 0 Å². The zero-order valence-electron chi connectivity index (χ0n) is 15.2. The van der Waals surface area contributed by atoms with Gasteiger partial charge in [0, 0.05) is 16.9 Å². The second-order valence-corrected chi connectivity index (χ2v) is 6.52. The van der Waals surface area contributed by atoms with E-state index >= 15 is 0 Å². The largest absolute Gasteiger partial charge is 0.495 e. The minimum atomic E-state index is -0.446. The molecule has 0 aliphatic rings. The van der Waals surface area contributed by atoms with Crippen LogP contribution in [0.1, 0.15) is 6.92 Å². The Morgan fingerprint density at radius 2 is 1.70 bits per heavy atom. The number of hydrogen-bond acceptors (Lipinski definition) is 3. The zero-order chi connectivity index (χ0) is 19.2. The van der Waals surface area contributed by atoms with Crippen molar-refractivity contribution >= 4 is 28.9 Å². The lowest BCUT2D eigenvalue weighted by Crippen LogP contribution is -2.32. The first-order valence-electron chi connectivity index (χ1n) is 8.64. The smallest absolute Gasteiger partial charge is 0.246 e. The highest BCUT2D eigenvalue weighted by atomic mass is 35.5. The number of amides is 1. The maximum absolute atomic E-state index is 12.7. The topological polar surface area (TPSA) is 50.4 Å². The first-order valence-corrected chi connectivity index (χ1v) is 9.01. The molecule has 0 fully saturated rings. The Labute approximate surface area is 164 Å². The third kappa shape index (κ3) is 4.60. The van der Waals surface area contributed by atoms with Gasteiger partial charge in [0.25, 0.3) is 0 Å². The normalized spacial score (nSPS) is 11.5. The van der Waals surface area contributed by atoms with Gasteiger partial charge in [-0.2, -0.15) is 0 Å². The number of benzene rings is 3. The van der Waals surface area contributed by atoms with E-state index in [9.17, 15) is 4.79 Å². The van der Waals surface area contributed by atoms with E-state index in [1.807, 2.05) is 60.7 Å². The SMILES string of the molecule is COc1ccc(N[C@@H](C)C(=O)Nc2ccccc2-c2ccccc2)cc1Cl. The molecule has 3 rings (SSSR count). The number of carbonyl (C=O) groups is 1. The van der Waals surface area contributed by atoms with E-state index in [0.29, 0.717) is 10.8 Å². The van der Waals surface area contributed by atoms with Crippen LogP contribution in [0.15, 0.2) is 72.8 Å². The fourth-order valence-electron chi connectivity index (χ4n) is 2.77. The Bertz CT molecular complexity index is 929. The molecule has 0 bridgehead atoms. The quantitative estimate of drug-likeness (QED) is 0.597. The number of methoxy groups -OCH3 is 1. The number of anilines is 2. The van der Waals surface area contributed by atoms with E-state index in [1.165, 1.54) is 0 Å². The van der Waals surface area contributed by atoms with Gasteiger partial charge in [0.2, 0.25) is 5.91 Å². The second kappa shape index (κ2) is 8.60. The van der Waals surface area contributed by atoms with Crippen LogP contribution >= 0.6 is 11.6 Å². The van der Waals surface area contributed by atoms with E-state index in [0.717, 1.165) is 22.5 Å². The zero-order valence-corrected chi connectivity index (χ0v) is 16.0. The third-order valence-electron chi connectivity index (χ3n) is 4.20. The van der Waals surface area contributed by atoms with E-state index < -0.39 is 6.04 Å². The maximum Gasteiger partial charge on any atom is 0.246 e. The minimum absolute atomic E-state index is 0.134. The van der Waals surface area contributed by atoms with Crippen molar-refractivity contribution in [1.82, 2.24) is 0 Å². The summed E-state index contributed by atoms with van der Waals surface area (Å²) in [5.41, 5.74) is 3.55. The van der Waals surface area contributed by atoms with Crippen molar-refractivity contribution in [1.29, 1.82) is 0 Å². The van der Waals surface area contributed by atoms with Crippen LogP contribution in [0.3, 0.4) is 0 Å². The van der Waals surface area contributed by atoms with Gasteiger partial charge in [0.05, 0.1) is 12.1 Å². The minimum Gasteiger partial charge on any atom is -0.495 e. The maximum atomic E-state index is 12.7. The van der Waals surface area contributed by atoms with Crippen molar-refractivity contribution in [3.8, 4) is 16.9 Å². The summed E-state index contributed by atoms with van der Waals surface area (Å²) in [5.74, 6) is 0.460. The van der Waals surface area contributed by atoms with E-state index in [4.69, 9.17) is 16.3 Å². The molecule has 0 unspecified atom stereocenters. The second-order valence-electron chi connectivity index (χ2n) is 6.12. The molecule has 5 heteroatoms. The van der Waals surface area contributed by atoms with Gasteiger partial charge in [-0.15, -0.1) is 0 Å².